The van der Waals surface area contributed by atoms with E-state index in [1.807, 2.05) is 35.2 Å². The molecule has 19 heavy (non-hydrogen) atoms. The number of thioether (sulfide) groups is 1. The maximum Gasteiger partial charge on any atom is 0.233 e. The molecule has 1 aromatic carbocycles. The Kier molecular flexibility index (Phi) is 3.80. The normalized spacial score (nSPS) is 29.5. The first-order chi connectivity index (χ1) is 9.24. The van der Waals surface area contributed by atoms with Crippen LogP contribution in [0.4, 0.5) is 0 Å². The van der Waals surface area contributed by atoms with Crippen LogP contribution in [0.3, 0.4) is 0 Å². The summed E-state index contributed by atoms with van der Waals surface area (Å²) in [5.74, 6) is 0.737. The Morgan fingerprint density at radius 3 is 2.47 bits per heavy atom. The van der Waals surface area contributed by atoms with Gasteiger partial charge in [-0.05, 0) is 37.8 Å². The van der Waals surface area contributed by atoms with Crippen LogP contribution < -0.4 is 0 Å². The maximum absolute atomic E-state index is 12.4. The third-order valence-corrected chi connectivity index (χ3v) is 5.10. The molecule has 2 unspecified atom stereocenters. The van der Waals surface area contributed by atoms with Crippen molar-refractivity contribution in [2.45, 2.75) is 48.8 Å². The van der Waals surface area contributed by atoms with Crippen molar-refractivity contribution in [1.82, 2.24) is 4.90 Å². The lowest BCUT2D eigenvalue weighted by atomic mass is 10.00. The van der Waals surface area contributed by atoms with E-state index < -0.39 is 0 Å². The smallest absolute Gasteiger partial charge is 0.233 e. The van der Waals surface area contributed by atoms with Crippen molar-refractivity contribution in [2.75, 3.05) is 5.75 Å². The van der Waals surface area contributed by atoms with Crippen molar-refractivity contribution >= 4 is 17.7 Å². The number of nitrogens with zero attached hydrogens (tertiary/aromatic N) is 1. The number of hydrogen-bond donors (Lipinski definition) is 1. The average Bonchev–Trinajstić information content (AvgIpc) is 2.70. The number of carbonyl (C=O) groups excluding carboxylic acids is 1. The van der Waals surface area contributed by atoms with Crippen molar-refractivity contribution in [3.63, 3.8) is 0 Å². The minimum absolute atomic E-state index is 0.205. The fraction of sp³-hybridized carbons (Fsp3) is 0.533. The van der Waals surface area contributed by atoms with Gasteiger partial charge in [-0.15, -0.1) is 11.8 Å². The van der Waals surface area contributed by atoms with Gasteiger partial charge in [-0.1, -0.05) is 18.2 Å². The van der Waals surface area contributed by atoms with E-state index in [0.29, 0.717) is 5.75 Å². The van der Waals surface area contributed by atoms with E-state index in [4.69, 9.17) is 0 Å². The summed E-state index contributed by atoms with van der Waals surface area (Å²) in [4.78, 5) is 15.5. The van der Waals surface area contributed by atoms with Crippen LogP contribution in [-0.2, 0) is 4.79 Å². The summed E-state index contributed by atoms with van der Waals surface area (Å²) in [5, 5.41) is 9.75. The number of carbonyl (C=O) groups is 1. The highest BCUT2D eigenvalue weighted by Crippen LogP contribution is 2.36. The van der Waals surface area contributed by atoms with Gasteiger partial charge in [0.15, 0.2) is 0 Å². The molecule has 0 aromatic heterocycles. The zero-order chi connectivity index (χ0) is 13.2. The molecule has 2 saturated heterocycles. The number of aliphatic hydroxyl groups excluding tert-OH is 1. The Labute approximate surface area is 118 Å². The zero-order valence-electron chi connectivity index (χ0n) is 10.9. The predicted molar refractivity (Wildman–Crippen MR) is 76.1 cm³/mol. The molecule has 1 N–H and O–H groups in total. The predicted octanol–water partition coefficient (Wildman–Crippen LogP) is 2.29. The van der Waals surface area contributed by atoms with Crippen LogP contribution >= 0.6 is 11.8 Å². The molecule has 4 heteroatoms. The fourth-order valence-electron chi connectivity index (χ4n) is 3.29. The van der Waals surface area contributed by atoms with Crippen molar-refractivity contribution in [2.24, 2.45) is 0 Å². The van der Waals surface area contributed by atoms with E-state index in [0.717, 1.165) is 30.6 Å². The summed E-state index contributed by atoms with van der Waals surface area (Å²) in [6.45, 7) is 0. The van der Waals surface area contributed by atoms with E-state index in [9.17, 15) is 9.90 Å². The number of hydrogen-bond acceptors (Lipinski definition) is 3. The van der Waals surface area contributed by atoms with Gasteiger partial charge in [0.25, 0.3) is 0 Å². The molecule has 0 saturated carbocycles. The molecule has 2 aliphatic rings. The summed E-state index contributed by atoms with van der Waals surface area (Å²) >= 11 is 1.60. The maximum atomic E-state index is 12.4. The molecule has 0 aliphatic carbocycles. The third-order valence-electron chi connectivity index (χ3n) is 4.10. The summed E-state index contributed by atoms with van der Waals surface area (Å²) in [6.07, 6.45) is 3.44. The molecule has 2 atom stereocenters. The highest BCUT2D eigenvalue weighted by Gasteiger charge is 2.42. The Balaban J connectivity index is 1.59. The fourth-order valence-corrected chi connectivity index (χ4v) is 4.08. The Morgan fingerprint density at radius 1 is 1.21 bits per heavy atom. The molecule has 2 aliphatic heterocycles. The molecule has 102 valence electrons. The topological polar surface area (TPSA) is 40.5 Å². The standard InChI is InChI=1S/C15H19NO2S/c17-13-8-11-6-7-12(9-13)16(11)15(18)10-19-14-4-2-1-3-5-14/h1-5,11-13,17H,6-10H2. The van der Waals surface area contributed by atoms with Gasteiger partial charge in [0.1, 0.15) is 0 Å². The van der Waals surface area contributed by atoms with Crippen LogP contribution in [0.15, 0.2) is 35.2 Å². The Bertz CT molecular complexity index is 437. The lowest BCUT2D eigenvalue weighted by Gasteiger charge is -2.37. The molecule has 2 fully saturated rings. The van der Waals surface area contributed by atoms with Gasteiger partial charge in [-0.3, -0.25) is 4.79 Å². The van der Waals surface area contributed by atoms with Crippen molar-refractivity contribution in [1.29, 1.82) is 0 Å². The molecular formula is C15H19NO2S. The first kappa shape index (κ1) is 13.0. The molecule has 1 amide bonds. The number of amides is 1. The molecule has 0 radical (unpaired) electrons. The lowest BCUT2D eigenvalue weighted by Crippen LogP contribution is -2.48. The van der Waals surface area contributed by atoms with Crippen LogP contribution in [-0.4, -0.2) is 39.9 Å². The molecule has 2 bridgehead atoms. The van der Waals surface area contributed by atoms with E-state index >= 15 is 0 Å². The van der Waals surface area contributed by atoms with Gasteiger partial charge in [-0.2, -0.15) is 0 Å². The van der Waals surface area contributed by atoms with E-state index in [2.05, 4.69) is 0 Å². The lowest BCUT2D eigenvalue weighted by molar-refractivity contribution is -0.134. The van der Waals surface area contributed by atoms with Crippen molar-refractivity contribution in [3.8, 4) is 0 Å². The highest BCUT2D eigenvalue weighted by molar-refractivity contribution is 8.00. The number of piperidine rings is 1. The van der Waals surface area contributed by atoms with Gasteiger partial charge in [0.05, 0.1) is 11.9 Å². The van der Waals surface area contributed by atoms with Crippen molar-refractivity contribution in [3.05, 3.63) is 30.3 Å². The van der Waals surface area contributed by atoms with Gasteiger partial charge in [-0.25, -0.2) is 0 Å². The van der Waals surface area contributed by atoms with E-state index in [1.165, 1.54) is 0 Å². The van der Waals surface area contributed by atoms with E-state index in [1.54, 1.807) is 11.8 Å². The second-order valence-electron chi connectivity index (χ2n) is 5.41. The second kappa shape index (κ2) is 5.55. The van der Waals surface area contributed by atoms with Crippen LogP contribution in [0.1, 0.15) is 25.7 Å². The molecule has 2 heterocycles. The second-order valence-corrected chi connectivity index (χ2v) is 6.46. The summed E-state index contributed by atoms with van der Waals surface area (Å²) in [7, 11) is 0. The molecule has 1 aromatic rings. The molecule has 3 rings (SSSR count). The third kappa shape index (κ3) is 2.79. The van der Waals surface area contributed by atoms with Crippen molar-refractivity contribution < 1.29 is 9.90 Å². The Hall–Kier alpha value is -1.00. The molecule has 3 nitrogen and oxygen atoms in total. The summed E-state index contributed by atoms with van der Waals surface area (Å²) in [6, 6.07) is 10.6. The van der Waals surface area contributed by atoms with Crippen LogP contribution in [0.2, 0.25) is 0 Å². The van der Waals surface area contributed by atoms with Gasteiger partial charge in [0, 0.05) is 17.0 Å². The van der Waals surface area contributed by atoms with Gasteiger partial charge < -0.3 is 10.0 Å². The number of aliphatic hydroxyl groups is 1. The summed E-state index contributed by atoms with van der Waals surface area (Å²) in [5.41, 5.74) is 0. The molecule has 0 spiro atoms. The minimum Gasteiger partial charge on any atom is -0.393 e. The first-order valence-electron chi connectivity index (χ1n) is 6.91. The average molecular weight is 277 g/mol. The van der Waals surface area contributed by atoms with Gasteiger partial charge >= 0.3 is 0 Å². The largest absolute Gasteiger partial charge is 0.393 e. The monoisotopic (exact) mass is 277 g/mol. The van der Waals surface area contributed by atoms with E-state index in [-0.39, 0.29) is 24.1 Å². The van der Waals surface area contributed by atoms with Gasteiger partial charge in [0.2, 0.25) is 5.91 Å². The quantitative estimate of drug-likeness (QED) is 0.862. The number of benzene rings is 1. The summed E-state index contributed by atoms with van der Waals surface area (Å²) < 4.78 is 0. The molecular weight excluding hydrogens is 258 g/mol. The minimum atomic E-state index is -0.205. The zero-order valence-corrected chi connectivity index (χ0v) is 11.7. The Morgan fingerprint density at radius 2 is 1.84 bits per heavy atom. The van der Waals surface area contributed by atoms with Crippen LogP contribution in [0.5, 0.6) is 0 Å². The number of rotatable bonds is 3. The highest BCUT2D eigenvalue weighted by atomic mass is 32.2. The SMILES string of the molecule is O=C(CSc1ccccc1)N1C2CCC1CC(O)C2. The van der Waals surface area contributed by atoms with Crippen LogP contribution in [0, 0.1) is 0 Å². The van der Waals surface area contributed by atoms with Crippen LogP contribution in [0.25, 0.3) is 0 Å². The first-order valence-corrected chi connectivity index (χ1v) is 7.89. The number of fused-ring (bicyclic) bond motifs is 2.